The van der Waals surface area contributed by atoms with Crippen LogP contribution < -0.4 is 5.32 Å². The minimum absolute atomic E-state index is 0.0843. The molecule has 0 aliphatic heterocycles. The molecule has 112 valence electrons. The highest BCUT2D eigenvalue weighted by atomic mass is 35.5. The van der Waals surface area contributed by atoms with Gasteiger partial charge in [-0.25, -0.2) is 0 Å². The summed E-state index contributed by atoms with van der Waals surface area (Å²) in [5, 5.41) is 22.2. The maximum absolute atomic E-state index is 12.1. The van der Waals surface area contributed by atoms with Gasteiger partial charge in [0.25, 0.3) is 5.69 Å². The van der Waals surface area contributed by atoms with Gasteiger partial charge in [0.15, 0.2) is 0 Å². The number of rotatable bonds is 4. The lowest BCUT2D eigenvalue weighted by Crippen LogP contribution is -2.29. The van der Waals surface area contributed by atoms with Gasteiger partial charge in [0, 0.05) is 11.8 Å². The molecule has 0 aromatic heterocycles. The van der Waals surface area contributed by atoms with Crippen LogP contribution in [0.15, 0.2) is 18.2 Å². The molecule has 2 rings (SSSR count). The molecule has 0 heterocycles. The Balaban J connectivity index is 2.11. The van der Waals surface area contributed by atoms with Crippen LogP contribution in [0.25, 0.3) is 0 Å². The van der Waals surface area contributed by atoms with Gasteiger partial charge in [0.05, 0.1) is 16.8 Å². The first-order valence-corrected chi connectivity index (χ1v) is 6.75. The Labute approximate surface area is 125 Å². The smallest absolute Gasteiger partial charge is 0.307 e. The van der Waals surface area contributed by atoms with Crippen molar-refractivity contribution in [1.29, 1.82) is 0 Å². The van der Waals surface area contributed by atoms with E-state index in [4.69, 9.17) is 16.7 Å². The van der Waals surface area contributed by atoms with E-state index in [1.165, 1.54) is 18.2 Å². The SMILES string of the molecule is O=C(O)[C@H]1CCC[C@H]1C(=O)Nc1ccc([N+](=O)[O-])c(Cl)c1. The summed E-state index contributed by atoms with van der Waals surface area (Å²) in [7, 11) is 0. The first-order chi connectivity index (χ1) is 9.90. The predicted octanol–water partition coefficient (Wildman–Crippen LogP) is 2.69. The van der Waals surface area contributed by atoms with Crippen LogP contribution in [0.4, 0.5) is 11.4 Å². The van der Waals surface area contributed by atoms with Gasteiger partial charge in [-0.2, -0.15) is 0 Å². The van der Waals surface area contributed by atoms with Crippen molar-refractivity contribution in [3.05, 3.63) is 33.3 Å². The van der Waals surface area contributed by atoms with Crippen LogP contribution in [0, 0.1) is 22.0 Å². The van der Waals surface area contributed by atoms with E-state index in [9.17, 15) is 19.7 Å². The number of hydrogen-bond acceptors (Lipinski definition) is 4. The number of carbonyl (C=O) groups is 2. The largest absolute Gasteiger partial charge is 0.481 e. The fourth-order valence-electron chi connectivity index (χ4n) is 2.54. The summed E-state index contributed by atoms with van der Waals surface area (Å²) in [5.74, 6) is -2.64. The van der Waals surface area contributed by atoms with Crippen molar-refractivity contribution in [3.63, 3.8) is 0 Å². The average Bonchev–Trinajstić information content (AvgIpc) is 2.87. The molecule has 0 saturated heterocycles. The van der Waals surface area contributed by atoms with E-state index in [0.717, 1.165) is 0 Å². The topological polar surface area (TPSA) is 110 Å². The van der Waals surface area contributed by atoms with E-state index in [0.29, 0.717) is 24.9 Å². The standard InChI is InChI=1S/C13H13ClN2O5/c14-10-6-7(4-5-11(10)16(20)21)15-12(17)8-2-1-3-9(8)13(18)19/h4-6,8-9H,1-3H2,(H,15,17)(H,18,19)/t8-,9+/m1/s1. The van der Waals surface area contributed by atoms with Crippen molar-refractivity contribution in [2.45, 2.75) is 19.3 Å². The van der Waals surface area contributed by atoms with Crippen molar-refractivity contribution in [1.82, 2.24) is 0 Å². The Bertz CT molecular complexity index is 604. The normalized spacial score (nSPS) is 21.0. The molecule has 1 aromatic rings. The summed E-state index contributed by atoms with van der Waals surface area (Å²) >= 11 is 5.76. The maximum atomic E-state index is 12.1. The number of nitrogens with zero attached hydrogens (tertiary/aromatic N) is 1. The van der Waals surface area contributed by atoms with Crippen molar-refractivity contribution in [2.75, 3.05) is 5.32 Å². The highest BCUT2D eigenvalue weighted by Crippen LogP contribution is 2.33. The Morgan fingerprint density at radius 1 is 1.33 bits per heavy atom. The molecule has 0 unspecified atom stereocenters. The number of aliphatic carboxylic acids is 1. The molecule has 1 fully saturated rings. The molecule has 1 amide bonds. The first-order valence-electron chi connectivity index (χ1n) is 6.37. The van der Waals surface area contributed by atoms with Crippen LogP contribution in [-0.2, 0) is 9.59 Å². The number of benzene rings is 1. The number of anilines is 1. The molecule has 1 aliphatic carbocycles. The van der Waals surface area contributed by atoms with Gasteiger partial charge >= 0.3 is 5.97 Å². The summed E-state index contributed by atoms with van der Waals surface area (Å²) in [6.45, 7) is 0. The van der Waals surface area contributed by atoms with Gasteiger partial charge in [0.1, 0.15) is 5.02 Å². The third-order valence-corrected chi connectivity index (χ3v) is 3.88. The van der Waals surface area contributed by atoms with E-state index in [1.54, 1.807) is 0 Å². The lowest BCUT2D eigenvalue weighted by molar-refractivity contribution is -0.384. The lowest BCUT2D eigenvalue weighted by Gasteiger charge is -2.15. The summed E-state index contributed by atoms with van der Waals surface area (Å²) in [4.78, 5) is 33.2. The van der Waals surface area contributed by atoms with Gasteiger partial charge in [0.2, 0.25) is 5.91 Å². The van der Waals surface area contributed by atoms with E-state index in [2.05, 4.69) is 5.32 Å². The Morgan fingerprint density at radius 3 is 2.57 bits per heavy atom. The molecule has 0 radical (unpaired) electrons. The minimum atomic E-state index is -0.977. The lowest BCUT2D eigenvalue weighted by atomic mass is 9.95. The summed E-state index contributed by atoms with van der Waals surface area (Å²) < 4.78 is 0. The predicted molar refractivity (Wildman–Crippen MR) is 75.2 cm³/mol. The summed E-state index contributed by atoms with van der Waals surface area (Å²) in [5.41, 5.74) is 0.0607. The van der Waals surface area contributed by atoms with E-state index in [1.807, 2.05) is 0 Å². The number of carboxylic acid groups (broad SMARTS) is 1. The van der Waals surface area contributed by atoms with Crippen LogP contribution >= 0.6 is 11.6 Å². The van der Waals surface area contributed by atoms with Crippen molar-refractivity contribution < 1.29 is 19.6 Å². The molecule has 0 bridgehead atoms. The highest BCUT2D eigenvalue weighted by molar-refractivity contribution is 6.33. The van der Waals surface area contributed by atoms with E-state index in [-0.39, 0.29) is 10.7 Å². The third kappa shape index (κ3) is 3.30. The minimum Gasteiger partial charge on any atom is -0.481 e. The number of halogens is 1. The van der Waals surface area contributed by atoms with Crippen molar-refractivity contribution in [2.24, 2.45) is 11.8 Å². The van der Waals surface area contributed by atoms with Crippen LogP contribution in [0.1, 0.15) is 19.3 Å². The monoisotopic (exact) mass is 312 g/mol. The average molecular weight is 313 g/mol. The number of nitrogens with one attached hydrogen (secondary N) is 1. The highest BCUT2D eigenvalue weighted by Gasteiger charge is 2.37. The van der Waals surface area contributed by atoms with Gasteiger partial charge in [-0.3, -0.25) is 19.7 Å². The molecular weight excluding hydrogens is 300 g/mol. The number of nitro benzene ring substituents is 1. The van der Waals surface area contributed by atoms with Gasteiger partial charge in [-0.05, 0) is 25.0 Å². The molecular formula is C13H13ClN2O5. The fraction of sp³-hybridized carbons (Fsp3) is 0.385. The molecule has 1 aliphatic rings. The van der Waals surface area contributed by atoms with Crippen LogP contribution in [0.3, 0.4) is 0 Å². The second-order valence-corrected chi connectivity index (χ2v) is 5.30. The maximum Gasteiger partial charge on any atom is 0.307 e. The molecule has 8 heteroatoms. The van der Waals surface area contributed by atoms with Gasteiger partial charge < -0.3 is 10.4 Å². The summed E-state index contributed by atoms with van der Waals surface area (Å²) in [6.07, 6.45) is 1.69. The van der Waals surface area contributed by atoms with E-state index < -0.39 is 28.6 Å². The molecule has 0 spiro atoms. The number of nitro groups is 1. The quantitative estimate of drug-likeness (QED) is 0.656. The number of carbonyl (C=O) groups excluding carboxylic acids is 1. The molecule has 7 nitrogen and oxygen atoms in total. The zero-order chi connectivity index (χ0) is 15.6. The Kier molecular flexibility index (Phi) is 4.42. The van der Waals surface area contributed by atoms with Gasteiger partial charge in [-0.15, -0.1) is 0 Å². The first kappa shape index (κ1) is 15.2. The molecule has 1 saturated carbocycles. The summed E-state index contributed by atoms with van der Waals surface area (Å²) in [6, 6.07) is 3.84. The second kappa shape index (κ2) is 6.09. The zero-order valence-electron chi connectivity index (χ0n) is 10.9. The van der Waals surface area contributed by atoms with Crippen molar-refractivity contribution in [3.8, 4) is 0 Å². The number of hydrogen-bond donors (Lipinski definition) is 2. The fourth-order valence-corrected chi connectivity index (χ4v) is 2.79. The zero-order valence-corrected chi connectivity index (χ0v) is 11.7. The van der Waals surface area contributed by atoms with E-state index >= 15 is 0 Å². The molecule has 2 N–H and O–H groups in total. The van der Waals surface area contributed by atoms with Crippen LogP contribution in [0.2, 0.25) is 5.02 Å². The Hall–Kier alpha value is -2.15. The van der Waals surface area contributed by atoms with Crippen LogP contribution in [0.5, 0.6) is 0 Å². The van der Waals surface area contributed by atoms with Crippen LogP contribution in [-0.4, -0.2) is 21.9 Å². The molecule has 1 aromatic carbocycles. The van der Waals surface area contributed by atoms with Gasteiger partial charge in [-0.1, -0.05) is 18.0 Å². The third-order valence-electron chi connectivity index (χ3n) is 3.58. The second-order valence-electron chi connectivity index (χ2n) is 4.89. The number of carboxylic acids is 1. The Morgan fingerprint density at radius 2 is 2.00 bits per heavy atom. The molecule has 21 heavy (non-hydrogen) atoms. The number of amides is 1. The molecule has 2 atom stereocenters. The van der Waals surface area contributed by atoms with Crippen molar-refractivity contribution >= 4 is 34.9 Å².